The van der Waals surface area contributed by atoms with Crippen molar-refractivity contribution < 1.29 is 23.1 Å². The molecule has 0 aliphatic carbocycles. The van der Waals surface area contributed by atoms with Crippen LogP contribution in [0.5, 0.6) is 0 Å². The molecule has 4 nitrogen and oxygen atoms in total. The summed E-state index contributed by atoms with van der Waals surface area (Å²) >= 11 is 0. The average Bonchev–Trinajstić information content (AvgIpc) is 2.34. The molecule has 2 heterocycles. The Hall–Kier alpha value is -2.18. The Labute approximate surface area is 107 Å². The lowest BCUT2D eigenvalue weighted by Gasteiger charge is -2.06. The van der Waals surface area contributed by atoms with Crippen LogP contribution in [0.2, 0.25) is 0 Å². The molecule has 2 rings (SSSR count). The zero-order valence-corrected chi connectivity index (χ0v) is 10.2. The molecule has 0 spiro atoms. The third-order valence-electron chi connectivity index (χ3n) is 2.64. The summed E-state index contributed by atoms with van der Waals surface area (Å²) in [5, 5.41) is 9.57. The minimum atomic E-state index is -4.55. The van der Waals surface area contributed by atoms with Gasteiger partial charge in [-0.05, 0) is 5.56 Å². The van der Waals surface area contributed by atoms with Crippen molar-refractivity contribution in [2.75, 3.05) is 0 Å². The molecular weight excluding hydrogens is 259 g/mol. The van der Waals surface area contributed by atoms with Crippen LogP contribution in [0, 0.1) is 13.8 Å². The van der Waals surface area contributed by atoms with Gasteiger partial charge in [-0.2, -0.15) is 13.2 Å². The predicted molar refractivity (Wildman–Crippen MR) is 59.3 cm³/mol. The maximum absolute atomic E-state index is 12.3. The SMILES string of the molecule is Cc1cc(-c2cnc(C(F)(F)F)nc2)cc(C)[n+]1O. The van der Waals surface area contributed by atoms with Crippen LogP contribution < -0.4 is 4.73 Å². The highest BCUT2D eigenvalue weighted by molar-refractivity contribution is 5.61. The van der Waals surface area contributed by atoms with E-state index >= 15 is 0 Å². The van der Waals surface area contributed by atoms with Gasteiger partial charge in [-0.1, -0.05) is 0 Å². The lowest BCUT2D eigenvalue weighted by molar-refractivity contribution is -0.912. The molecule has 0 fully saturated rings. The van der Waals surface area contributed by atoms with Crippen LogP contribution in [0.15, 0.2) is 24.5 Å². The lowest BCUT2D eigenvalue weighted by Crippen LogP contribution is -2.36. The Kier molecular flexibility index (Phi) is 3.13. The normalized spacial score (nSPS) is 11.6. The molecule has 2 aromatic rings. The maximum Gasteiger partial charge on any atom is 0.451 e. The number of aromatic nitrogens is 3. The fourth-order valence-corrected chi connectivity index (χ4v) is 1.68. The first kappa shape index (κ1) is 13.3. The number of halogens is 3. The van der Waals surface area contributed by atoms with Crippen molar-refractivity contribution in [3.8, 4) is 11.1 Å². The van der Waals surface area contributed by atoms with E-state index in [4.69, 9.17) is 0 Å². The van der Waals surface area contributed by atoms with Crippen molar-refractivity contribution >= 4 is 0 Å². The number of nitrogens with zero attached hydrogens (tertiary/aromatic N) is 3. The molecule has 0 saturated carbocycles. The third kappa shape index (κ3) is 2.64. The molecule has 2 aromatic heterocycles. The van der Waals surface area contributed by atoms with Gasteiger partial charge in [-0.3, -0.25) is 5.21 Å². The highest BCUT2D eigenvalue weighted by atomic mass is 19.4. The molecule has 0 radical (unpaired) electrons. The van der Waals surface area contributed by atoms with Gasteiger partial charge in [0.25, 0.3) is 0 Å². The molecule has 0 atom stereocenters. The minimum absolute atomic E-state index is 0.458. The predicted octanol–water partition coefficient (Wildman–Crippen LogP) is 2.30. The summed E-state index contributed by atoms with van der Waals surface area (Å²) in [6.45, 7) is 3.36. The quantitative estimate of drug-likeness (QED) is 0.639. The van der Waals surface area contributed by atoms with Crippen molar-refractivity contribution in [2.24, 2.45) is 0 Å². The Morgan fingerprint density at radius 3 is 1.89 bits per heavy atom. The van der Waals surface area contributed by atoms with Gasteiger partial charge >= 0.3 is 6.18 Å². The van der Waals surface area contributed by atoms with E-state index in [2.05, 4.69) is 9.97 Å². The molecule has 0 aromatic carbocycles. The van der Waals surface area contributed by atoms with Crippen molar-refractivity contribution in [2.45, 2.75) is 20.0 Å². The summed E-state index contributed by atoms with van der Waals surface area (Å²) < 4.78 is 38.0. The molecule has 19 heavy (non-hydrogen) atoms. The number of alkyl halides is 3. The second-order valence-electron chi connectivity index (χ2n) is 4.13. The van der Waals surface area contributed by atoms with Gasteiger partial charge in [-0.25, -0.2) is 9.97 Å². The van der Waals surface area contributed by atoms with Crippen molar-refractivity contribution in [1.82, 2.24) is 9.97 Å². The van der Waals surface area contributed by atoms with E-state index in [0.29, 0.717) is 22.5 Å². The fourth-order valence-electron chi connectivity index (χ4n) is 1.68. The van der Waals surface area contributed by atoms with Gasteiger partial charge < -0.3 is 0 Å². The molecule has 7 heteroatoms. The van der Waals surface area contributed by atoms with Crippen LogP contribution in [0.3, 0.4) is 0 Å². The number of aryl methyl sites for hydroxylation is 2. The Morgan fingerprint density at radius 2 is 1.47 bits per heavy atom. The van der Waals surface area contributed by atoms with Crippen LogP contribution in [-0.2, 0) is 6.18 Å². The van der Waals surface area contributed by atoms with Gasteiger partial charge in [0.15, 0.2) is 0 Å². The van der Waals surface area contributed by atoms with E-state index in [1.165, 1.54) is 0 Å². The zero-order chi connectivity index (χ0) is 14.2. The highest BCUT2D eigenvalue weighted by Gasteiger charge is 2.34. The minimum Gasteiger partial charge on any atom is -0.285 e. The van der Waals surface area contributed by atoms with Crippen molar-refractivity contribution in [3.05, 3.63) is 41.7 Å². The first-order valence-electron chi connectivity index (χ1n) is 5.41. The van der Waals surface area contributed by atoms with Gasteiger partial charge in [-0.15, -0.1) is 0 Å². The average molecular weight is 270 g/mol. The van der Waals surface area contributed by atoms with Crippen LogP contribution in [0.4, 0.5) is 13.2 Å². The second-order valence-corrected chi connectivity index (χ2v) is 4.13. The van der Waals surface area contributed by atoms with E-state index in [0.717, 1.165) is 17.1 Å². The van der Waals surface area contributed by atoms with Crippen LogP contribution >= 0.6 is 0 Å². The Morgan fingerprint density at radius 1 is 1.00 bits per heavy atom. The molecule has 100 valence electrons. The summed E-state index contributed by atoms with van der Waals surface area (Å²) in [5.74, 6) is -1.17. The number of hydrogen-bond donors (Lipinski definition) is 1. The first-order chi connectivity index (χ1) is 8.79. The van der Waals surface area contributed by atoms with Gasteiger partial charge in [0, 0.05) is 48.7 Å². The van der Waals surface area contributed by atoms with Crippen molar-refractivity contribution in [1.29, 1.82) is 0 Å². The van der Waals surface area contributed by atoms with E-state index in [-0.39, 0.29) is 0 Å². The number of pyridine rings is 1. The van der Waals surface area contributed by atoms with Gasteiger partial charge in [0.05, 0.1) is 0 Å². The molecule has 0 bridgehead atoms. The maximum atomic E-state index is 12.3. The zero-order valence-electron chi connectivity index (χ0n) is 10.2. The first-order valence-corrected chi connectivity index (χ1v) is 5.41. The molecule has 0 amide bonds. The van der Waals surface area contributed by atoms with E-state index in [1.807, 2.05) is 0 Å². The van der Waals surface area contributed by atoms with Gasteiger partial charge in [0.1, 0.15) is 0 Å². The molecule has 0 saturated heterocycles. The van der Waals surface area contributed by atoms with Gasteiger partial charge in [0.2, 0.25) is 17.2 Å². The van der Waals surface area contributed by atoms with E-state index in [9.17, 15) is 18.4 Å². The lowest BCUT2D eigenvalue weighted by atomic mass is 10.1. The monoisotopic (exact) mass is 270 g/mol. The van der Waals surface area contributed by atoms with E-state index in [1.54, 1.807) is 26.0 Å². The number of hydrogen-bond acceptors (Lipinski definition) is 3. The van der Waals surface area contributed by atoms with Crippen molar-refractivity contribution in [3.63, 3.8) is 0 Å². The molecule has 0 unspecified atom stereocenters. The summed E-state index contributed by atoms with van der Waals surface area (Å²) in [4.78, 5) is 6.61. The Balaban J connectivity index is 2.43. The summed E-state index contributed by atoms with van der Waals surface area (Å²) in [6, 6.07) is 3.28. The van der Waals surface area contributed by atoms with Crippen LogP contribution in [-0.4, -0.2) is 15.2 Å². The second kappa shape index (κ2) is 4.49. The van der Waals surface area contributed by atoms with Crippen LogP contribution in [0.25, 0.3) is 11.1 Å². The summed E-state index contributed by atoms with van der Waals surface area (Å²) in [7, 11) is 0. The molecular formula is C12H11F3N3O+. The third-order valence-corrected chi connectivity index (χ3v) is 2.64. The summed E-state index contributed by atoms with van der Waals surface area (Å²) in [5.41, 5.74) is 2.23. The smallest absolute Gasteiger partial charge is 0.285 e. The highest BCUT2D eigenvalue weighted by Crippen LogP contribution is 2.27. The Bertz CT molecular complexity index is 586. The molecule has 1 N–H and O–H groups in total. The van der Waals surface area contributed by atoms with E-state index < -0.39 is 12.0 Å². The van der Waals surface area contributed by atoms with Crippen LogP contribution in [0.1, 0.15) is 17.2 Å². The summed E-state index contributed by atoms with van der Waals surface area (Å²) in [6.07, 6.45) is -2.31. The standard InChI is InChI=1S/C12H11F3N3O/c1-7-3-9(4-8(2)18(7)19)10-5-16-11(17-6-10)12(13,14)15/h3-6,19H,1-2H3/q+1. The fraction of sp³-hybridized carbons (Fsp3) is 0.250. The number of rotatable bonds is 1. The largest absolute Gasteiger partial charge is 0.451 e. The molecule has 0 aliphatic rings. The topological polar surface area (TPSA) is 49.9 Å². The molecule has 0 aliphatic heterocycles.